The molecule has 2 rings (SSSR count). The van der Waals surface area contributed by atoms with E-state index in [-0.39, 0.29) is 12.5 Å². The Morgan fingerprint density at radius 3 is 2.76 bits per heavy atom. The summed E-state index contributed by atoms with van der Waals surface area (Å²) < 4.78 is 0. The molecule has 0 atom stereocenters. The van der Waals surface area contributed by atoms with Crippen LogP contribution in [-0.2, 0) is 4.79 Å². The summed E-state index contributed by atoms with van der Waals surface area (Å²) in [4.78, 5) is 18.0. The highest BCUT2D eigenvalue weighted by molar-refractivity contribution is 6.37. The Morgan fingerprint density at radius 1 is 1.43 bits per heavy atom. The number of likely N-dealkylation sites (N-methyl/N-ethyl adjacent to an activating group) is 1. The molecule has 1 heterocycles. The van der Waals surface area contributed by atoms with Gasteiger partial charge >= 0.3 is 0 Å². The second-order valence-electron chi connectivity index (χ2n) is 5.25. The molecule has 1 fully saturated rings. The normalized spacial score (nSPS) is 13.9. The first-order chi connectivity index (χ1) is 10.0. The third-order valence-electron chi connectivity index (χ3n) is 3.14. The summed E-state index contributed by atoms with van der Waals surface area (Å²) >= 11 is 12.3. The van der Waals surface area contributed by atoms with Crippen LogP contribution in [0.4, 0.5) is 11.6 Å². The molecular weight excluding hydrogens is 311 g/mol. The second kappa shape index (κ2) is 7.18. The van der Waals surface area contributed by atoms with Crippen LogP contribution >= 0.6 is 23.2 Å². The SMILES string of the molecule is CCCNc1nc(N(C)CC(=O)NC2CC2)c(Cl)cc1Cl. The summed E-state index contributed by atoms with van der Waals surface area (Å²) in [6.07, 6.45) is 3.11. The van der Waals surface area contributed by atoms with Crippen LogP contribution in [0.2, 0.25) is 10.0 Å². The Kier molecular flexibility index (Phi) is 5.53. The van der Waals surface area contributed by atoms with E-state index in [9.17, 15) is 4.79 Å². The van der Waals surface area contributed by atoms with Gasteiger partial charge in [0.25, 0.3) is 0 Å². The van der Waals surface area contributed by atoms with E-state index in [1.165, 1.54) is 0 Å². The van der Waals surface area contributed by atoms with Crippen molar-refractivity contribution in [1.29, 1.82) is 0 Å². The zero-order chi connectivity index (χ0) is 15.4. The smallest absolute Gasteiger partial charge is 0.239 e. The number of hydrogen-bond donors (Lipinski definition) is 2. The van der Waals surface area contributed by atoms with Crippen molar-refractivity contribution in [1.82, 2.24) is 10.3 Å². The molecule has 1 aromatic rings. The number of halogens is 2. The maximum atomic E-state index is 11.8. The topological polar surface area (TPSA) is 57.3 Å². The number of anilines is 2. The molecule has 21 heavy (non-hydrogen) atoms. The largest absolute Gasteiger partial charge is 0.369 e. The first kappa shape index (κ1) is 16.2. The fraction of sp³-hybridized carbons (Fsp3) is 0.571. The average molecular weight is 331 g/mol. The van der Waals surface area contributed by atoms with Crippen molar-refractivity contribution in [3.05, 3.63) is 16.1 Å². The van der Waals surface area contributed by atoms with E-state index in [4.69, 9.17) is 23.2 Å². The minimum absolute atomic E-state index is 0.0177. The van der Waals surface area contributed by atoms with Crippen molar-refractivity contribution >= 4 is 40.7 Å². The molecule has 0 saturated heterocycles. The van der Waals surface area contributed by atoms with E-state index in [0.29, 0.717) is 27.7 Å². The van der Waals surface area contributed by atoms with Gasteiger partial charge in [-0.2, -0.15) is 0 Å². The van der Waals surface area contributed by atoms with E-state index in [0.717, 1.165) is 25.8 Å². The van der Waals surface area contributed by atoms with E-state index >= 15 is 0 Å². The number of nitrogens with zero attached hydrogens (tertiary/aromatic N) is 2. The van der Waals surface area contributed by atoms with Gasteiger partial charge < -0.3 is 15.5 Å². The minimum atomic E-state index is -0.0177. The van der Waals surface area contributed by atoms with Gasteiger partial charge in [-0.15, -0.1) is 0 Å². The Morgan fingerprint density at radius 2 is 2.14 bits per heavy atom. The molecule has 0 aromatic carbocycles. The zero-order valence-corrected chi connectivity index (χ0v) is 13.8. The first-order valence-electron chi connectivity index (χ1n) is 7.11. The molecule has 116 valence electrons. The van der Waals surface area contributed by atoms with Crippen LogP contribution in [0.15, 0.2) is 6.07 Å². The summed E-state index contributed by atoms with van der Waals surface area (Å²) in [5, 5.41) is 7.01. The molecule has 1 saturated carbocycles. The van der Waals surface area contributed by atoms with E-state index in [2.05, 4.69) is 22.5 Å². The van der Waals surface area contributed by atoms with Crippen molar-refractivity contribution in [2.45, 2.75) is 32.2 Å². The predicted molar refractivity (Wildman–Crippen MR) is 87.5 cm³/mol. The van der Waals surface area contributed by atoms with Gasteiger partial charge in [0, 0.05) is 19.6 Å². The maximum absolute atomic E-state index is 11.8. The van der Waals surface area contributed by atoms with Gasteiger partial charge in [0.15, 0.2) is 0 Å². The third kappa shape index (κ3) is 4.64. The number of pyridine rings is 1. The molecule has 1 aliphatic rings. The van der Waals surface area contributed by atoms with Crippen LogP contribution < -0.4 is 15.5 Å². The maximum Gasteiger partial charge on any atom is 0.239 e. The number of hydrogen-bond acceptors (Lipinski definition) is 4. The standard InChI is InChI=1S/C14H20Cl2N4O/c1-3-6-17-13-10(15)7-11(16)14(19-13)20(2)8-12(21)18-9-4-5-9/h7,9H,3-6,8H2,1-2H3,(H,17,19)(H,18,21). The molecule has 1 aliphatic carbocycles. The van der Waals surface area contributed by atoms with Crippen molar-refractivity contribution < 1.29 is 4.79 Å². The van der Waals surface area contributed by atoms with Gasteiger partial charge in [0.05, 0.1) is 16.6 Å². The fourth-order valence-electron chi connectivity index (χ4n) is 1.88. The van der Waals surface area contributed by atoms with Gasteiger partial charge in [-0.3, -0.25) is 4.79 Å². The molecule has 1 aromatic heterocycles. The van der Waals surface area contributed by atoms with Crippen LogP contribution in [0.3, 0.4) is 0 Å². The lowest BCUT2D eigenvalue weighted by Crippen LogP contribution is -2.36. The summed E-state index contributed by atoms with van der Waals surface area (Å²) in [5.74, 6) is 1.12. The van der Waals surface area contributed by atoms with E-state index in [1.54, 1.807) is 18.0 Å². The molecule has 2 N–H and O–H groups in total. The minimum Gasteiger partial charge on any atom is -0.369 e. The van der Waals surface area contributed by atoms with Gasteiger partial charge in [0.1, 0.15) is 11.6 Å². The van der Waals surface area contributed by atoms with E-state index in [1.807, 2.05) is 0 Å². The van der Waals surface area contributed by atoms with Crippen LogP contribution in [0.5, 0.6) is 0 Å². The number of amides is 1. The molecule has 0 unspecified atom stereocenters. The highest BCUT2D eigenvalue weighted by atomic mass is 35.5. The summed E-state index contributed by atoms with van der Waals surface area (Å²) in [7, 11) is 1.79. The Bertz CT molecular complexity index is 520. The third-order valence-corrected chi connectivity index (χ3v) is 3.70. The molecule has 1 amide bonds. The molecule has 0 spiro atoms. The van der Waals surface area contributed by atoms with Gasteiger partial charge in [-0.05, 0) is 25.3 Å². The van der Waals surface area contributed by atoms with Crippen LogP contribution in [0, 0.1) is 0 Å². The number of aromatic nitrogens is 1. The van der Waals surface area contributed by atoms with Crippen molar-refractivity contribution in [3.8, 4) is 0 Å². The number of nitrogens with one attached hydrogen (secondary N) is 2. The molecule has 7 heteroatoms. The zero-order valence-electron chi connectivity index (χ0n) is 12.2. The average Bonchev–Trinajstić information content (AvgIpc) is 3.21. The van der Waals surface area contributed by atoms with E-state index < -0.39 is 0 Å². The monoisotopic (exact) mass is 330 g/mol. The Balaban J connectivity index is 2.07. The van der Waals surface area contributed by atoms with Gasteiger partial charge in [-0.25, -0.2) is 4.98 Å². The second-order valence-corrected chi connectivity index (χ2v) is 6.06. The number of carbonyl (C=O) groups is 1. The van der Waals surface area contributed by atoms with Crippen LogP contribution in [0.25, 0.3) is 0 Å². The van der Waals surface area contributed by atoms with Gasteiger partial charge in [-0.1, -0.05) is 30.1 Å². The lowest BCUT2D eigenvalue weighted by molar-refractivity contribution is -0.119. The molecular formula is C14H20Cl2N4O. The first-order valence-corrected chi connectivity index (χ1v) is 7.87. The van der Waals surface area contributed by atoms with Crippen molar-refractivity contribution in [2.75, 3.05) is 30.4 Å². The Labute approximate surface area is 135 Å². The van der Waals surface area contributed by atoms with Crippen molar-refractivity contribution in [3.63, 3.8) is 0 Å². The highest BCUT2D eigenvalue weighted by Crippen LogP contribution is 2.31. The fourth-order valence-corrected chi connectivity index (χ4v) is 2.45. The lowest BCUT2D eigenvalue weighted by atomic mass is 10.3. The van der Waals surface area contributed by atoms with Crippen molar-refractivity contribution in [2.24, 2.45) is 0 Å². The summed E-state index contributed by atoms with van der Waals surface area (Å²) in [6.45, 7) is 3.06. The Hall–Kier alpha value is -1.20. The van der Waals surface area contributed by atoms with Crippen LogP contribution in [-0.4, -0.2) is 37.1 Å². The predicted octanol–water partition coefficient (Wildman–Crippen LogP) is 2.93. The number of carbonyl (C=O) groups excluding carboxylic acids is 1. The molecule has 0 radical (unpaired) electrons. The molecule has 0 aliphatic heterocycles. The van der Waals surface area contributed by atoms with Gasteiger partial charge in [0.2, 0.25) is 5.91 Å². The quantitative estimate of drug-likeness (QED) is 0.807. The highest BCUT2D eigenvalue weighted by Gasteiger charge is 2.24. The summed E-state index contributed by atoms with van der Waals surface area (Å²) in [6, 6.07) is 2.00. The lowest BCUT2D eigenvalue weighted by Gasteiger charge is -2.20. The summed E-state index contributed by atoms with van der Waals surface area (Å²) in [5.41, 5.74) is 0. The molecule has 0 bridgehead atoms. The molecule has 5 nitrogen and oxygen atoms in total. The van der Waals surface area contributed by atoms with Crippen LogP contribution in [0.1, 0.15) is 26.2 Å². The number of rotatable bonds is 7.